The number of nitrogens with one attached hydrogen (secondary N) is 1. The van der Waals surface area contributed by atoms with Crippen molar-refractivity contribution in [3.63, 3.8) is 0 Å². The molecule has 0 saturated heterocycles. The number of thioether (sulfide) groups is 1. The van der Waals surface area contributed by atoms with Crippen molar-refractivity contribution in [2.24, 2.45) is 0 Å². The van der Waals surface area contributed by atoms with Gasteiger partial charge < -0.3 is 10.4 Å². The third kappa shape index (κ3) is 5.08. The number of benzene rings is 1. The second-order valence-corrected chi connectivity index (χ2v) is 6.42. The van der Waals surface area contributed by atoms with Crippen LogP contribution < -0.4 is 5.32 Å². The molecule has 0 radical (unpaired) electrons. The molecule has 0 aliphatic rings. The first-order chi connectivity index (χ1) is 7.78. The smallest absolute Gasteiger partial charge is 0.234 e. The molecule has 0 heterocycles. The highest BCUT2D eigenvalue weighted by Gasteiger charge is 2.14. The van der Waals surface area contributed by atoms with Gasteiger partial charge in [0.1, 0.15) is 11.6 Å². The maximum Gasteiger partial charge on any atom is 0.234 e. The highest BCUT2D eigenvalue weighted by atomic mass is 32.2. The summed E-state index contributed by atoms with van der Waals surface area (Å²) in [4.78, 5) is 11.5. The molecular formula is C12H16FNO2S. The zero-order chi connectivity index (χ0) is 13.1. The van der Waals surface area contributed by atoms with E-state index in [1.165, 1.54) is 23.9 Å². The van der Waals surface area contributed by atoms with Crippen molar-refractivity contribution in [3.05, 3.63) is 24.0 Å². The van der Waals surface area contributed by atoms with Gasteiger partial charge >= 0.3 is 0 Å². The van der Waals surface area contributed by atoms with E-state index in [1.54, 1.807) is 0 Å². The van der Waals surface area contributed by atoms with Crippen LogP contribution in [0.3, 0.4) is 0 Å². The predicted molar refractivity (Wildman–Crippen MR) is 68.9 cm³/mol. The number of phenols is 1. The zero-order valence-electron chi connectivity index (χ0n) is 10.1. The molecule has 0 saturated carbocycles. The Morgan fingerprint density at radius 2 is 2.12 bits per heavy atom. The standard InChI is InChI=1S/C12H16FNO2S/c1-12(2,3)17-7-11(16)14-10-5-4-8(15)6-9(10)13/h4-6,15H,7H2,1-3H3,(H,14,16). The van der Waals surface area contributed by atoms with Gasteiger partial charge in [-0.05, 0) is 12.1 Å². The monoisotopic (exact) mass is 257 g/mol. The summed E-state index contributed by atoms with van der Waals surface area (Å²) >= 11 is 1.49. The molecule has 0 aliphatic carbocycles. The summed E-state index contributed by atoms with van der Waals surface area (Å²) in [6.45, 7) is 6.02. The van der Waals surface area contributed by atoms with Gasteiger partial charge in [-0.2, -0.15) is 0 Å². The largest absolute Gasteiger partial charge is 0.508 e. The minimum absolute atomic E-state index is 0.00909. The first-order valence-electron chi connectivity index (χ1n) is 5.20. The van der Waals surface area contributed by atoms with Crippen molar-refractivity contribution in [3.8, 4) is 5.75 Å². The molecule has 94 valence electrons. The molecule has 0 atom stereocenters. The van der Waals surface area contributed by atoms with Crippen molar-refractivity contribution in [2.45, 2.75) is 25.5 Å². The summed E-state index contributed by atoms with van der Waals surface area (Å²) in [6, 6.07) is 3.63. The second kappa shape index (κ2) is 5.40. The molecule has 0 aromatic heterocycles. The van der Waals surface area contributed by atoms with E-state index >= 15 is 0 Å². The summed E-state index contributed by atoms with van der Waals surface area (Å²) in [5.74, 6) is -0.790. The second-order valence-electron chi connectivity index (χ2n) is 4.61. The number of hydrogen-bond donors (Lipinski definition) is 2. The van der Waals surface area contributed by atoms with E-state index in [2.05, 4.69) is 5.32 Å². The average Bonchev–Trinajstić information content (AvgIpc) is 2.18. The lowest BCUT2D eigenvalue weighted by atomic mass is 10.3. The molecule has 1 amide bonds. The van der Waals surface area contributed by atoms with E-state index in [9.17, 15) is 9.18 Å². The Morgan fingerprint density at radius 1 is 1.47 bits per heavy atom. The Morgan fingerprint density at radius 3 is 2.65 bits per heavy atom. The fourth-order valence-electron chi connectivity index (χ4n) is 1.07. The number of aromatic hydroxyl groups is 1. The SMILES string of the molecule is CC(C)(C)SCC(=O)Nc1ccc(O)cc1F. The molecule has 2 N–H and O–H groups in total. The third-order valence-corrected chi connectivity index (χ3v) is 3.14. The molecule has 1 rings (SSSR count). The first kappa shape index (κ1) is 13.8. The van der Waals surface area contributed by atoms with Crippen molar-refractivity contribution >= 4 is 23.4 Å². The topological polar surface area (TPSA) is 49.3 Å². The van der Waals surface area contributed by atoms with E-state index in [0.717, 1.165) is 6.07 Å². The molecule has 0 unspecified atom stereocenters. The molecular weight excluding hydrogens is 241 g/mol. The molecule has 0 aliphatic heterocycles. The quantitative estimate of drug-likeness (QED) is 0.818. The van der Waals surface area contributed by atoms with Crippen LogP contribution in [-0.2, 0) is 4.79 Å². The maximum absolute atomic E-state index is 13.3. The third-order valence-electron chi connectivity index (χ3n) is 1.86. The number of phenolic OH excluding ortho intramolecular Hbond substituents is 1. The fourth-order valence-corrected chi connectivity index (χ4v) is 1.71. The minimum Gasteiger partial charge on any atom is -0.508 e. The van der Waals surface area contributed by atoms with Crippen molar-refractivity contribution in [2.75, 3.05) is 11.1 Å². The molecule has 0 fully saturated rings. The van der Waals surface area contributed by atoms with Crippen LogP contribution in [0.15, 0.2) is 18.2 Å². The van der Waals surface area contributed by atoms with E-state index in [4.69, 9.17) is 5.11 Å². The molecule has 3 nitrogen and oxygen atoms in total. The molecule has 17 heavy (non-hydrogen) atoms. The molecule has 0 bridgehead atoms. The Labute approximate surface area is 104 Å². The number of hydrogen-bond acceptors (Lipinski definition) is 3. The van der Waals surface area contributed by atoms with Gasteiger partial charge in [0.05, 0.1) is 11.4 Å². The Balaban J connectivity index is 2.57. The van der Waals surface area contributed by atoms with Gasteiger partial charge in [0, 0.05) is 10.8 Å². The van der Waals surface area contributed by atoms with Gasteiger partial charge in [-0.25, -0.2) is 4.39 Å². The van der Waals surface area contributed by atoms with Crippen molar-refractivity contribution in [1.82, 2.24) is 0 Å². The fraction of sp³-hybridized carbons (Fsp3) is 0.417. The van der Waals surface area contributed by atoms with Crippen LogP contribution in [0.25, 0.3) is 0 Å². The highest BCUT2D eigenvalue weighted by molar-refractivity contribution is 8.01. The summed E-state index contributed by atoms with van der Waals surface area (Å²) in [7, 11) is 0. The first-order valence-corrected chi connectivity index (χ1v) is 6.19. The number of amides is 1. The lowest BCUT2D eigenvalue weighted by Crippen LogP contribution is -2.19. The summed E-state index contributed by atoms with van der Waals surface area (Å²) < 4.78 is 13.3. The zero-order valence-corrected chi connectivity index (χ0v) is 10.9. The summed E-state index contributed by atoms with van der Waals surface area (Å²) in [6.07, 6.45) is 0. The highest BCUT2D eigenvalue weighted by Crippen LogP contribution is 2.24. The van der Waals surface area contributed by atoms with Crippen LogP contribution in [-0.4, -0.2) is 21.5 Å². The van der Waals surface area contributed by atoms with Crippen LogP contribution in [0.4, 0.5) is 10.1 Å². The van der Waals surface area contributed by atoms with E-state index in [1.807, 2.05) is 20.8 Å². The maximum atomic E-state index is 13.3. The van der Waals surface area contributed by atoms with Crippen LogP contribution >= 0.6 is 11.8 Å². The van der Waals surface area contributed by atoms with Crippen LogP contribution in [0.2, 0.25) is 0 Å². The molecule has 1 aromatic rings. The van der Waals surface area contributed by atoms with Gasteiger partial charge in [-0.3, -0.25) is 4.79 Å². The molecule has 1 aromatic carbocycles. The van der Waals surface area contributed by atoms with Crippen LogP contribution in [0, 0.1) is 5.82 Å². The Kier molecular flexibility index (Phi) is 4.40. The Hall–Kier alpha value is -1.23. The minimum atomic E-state index is -0.640. The van der Waals surface area contributed by atoms with Crippen molar-refractivity contribution < 1.29 is 14.3 Å². The van der Waals surface area contributed by atoms with Crippen LogP contribution in [0.1, 0.15) is 20.8 Å². The summed E-state index contributed by atoms with van der Waals surface area (Å²) in [5, 5.41) is 11.5. The Bertz CT molecular complexity index is 415. The lowest BCUT2D eigenvalue weighted by molar-refractivity contribution is -0.113. The lowest BCUT2D eigenvalue weighted by Gasteiger charge is -2.17. The normalized spacial score (nSPS) is 11.3. The van der Waals surface area contributed by atoms with Gasteiger partial charge in [0.25, 0.3) is 0 Å². The van der Waals surface area contributed by atoms with Gasteiger partial charge in [0.15, 0.2) is 0 Å². The number of anilines is 1. The van der Waals surface area contributed by atoms with E-state index < -0.39 is 5.82 Å². The van der Waals surface area contributed by atoms with E-state index in [-0.39, 0.29) is 27.8 Å². The molecule has 0 spiro atoms. The molecule has 5 heteroatoms. The van der Waals surface area contributed by atoms with Crippen LogP contribution in [0.5, 0.6) is 5.75 Å². The summed E-state index contributed by atoms with van der Waals surface area (Å²) in [5.41, 5.74) is 0.0855. The number of carbonyl (C=O) groups excluding carboxylic acids is 1. The number of rotatable bonds is 3. The number of carbonyl (C=O) groups is 1. The van der Waals surface area contributed by atoms with Crippen molar-refractivity contribution in [1.29, 1.82) is 0 Å². The number of halogens is 1. The average molecular weight is 257 g/mol. The van der Waals surface area contributed by atoms with E-state index in [0.29, 0.717) is 0 Å². The van der Waals surface area contributed by atoms with Gasteiger partial charge in [-0.1, -0.05) is 20.8 Å². The predicted octanol–water partition coefficient (Wildman–Crippen LogP) is 3.00. The van der Waals surface area contributed by atoms with Gasteiger partial charge in [0.2, 0.25) is 5.91 Å². The van der Waals surface area contributed by atoms with Gasteiger partial charge in [-0.15, -0.1) is 11.8 Å².